The summed E-state index contributed by atoms with van der Waals surface area (Å²) in [7, 11) is 1.44. The summed E-state index contributed by atoms with van der Waals surface area (Å²) in [6, 6.07) is 16.9. The molecule has 7 heteroatoms. The fourth-order valence-corrected chi connectivity index (χ4v) is 3.59. The highest BCUT2D eigenvalue weighted by Crippen LogP contribution is 2.35. The average molecular weight is 437 g/mol. The highest BCUT2D eigenvalue weighted by molar-refractivity contribution is 6.37. The summed E-state index contributed by atoms with van der Waals surface area (Å²) in [6.45, 7) is 0. The second-order valence-corrected chi connectivity index (χ2v) is 7.22. The number of amides is 1. The summed E-state index contributed by atoms with van der Waals surface area (Å²) in [5.74, 6) is -0.137. The lowest BCUT2D eigenvalue weighted by molar-refractivity contribution is 0.102. The molecule has 0 radical (unpaired) electrons. The van der Waals surface area contributed by atoms with Crippen LogP contribution >= 0.6 is 34.8 Å². The predicted octanol–water partition coefficient (Wildman–Crippen LogP) is 5.99. The molecule has 1 atom stereocenters. The Morgan fingerprint density at radius 3 is 2.25 bits per heavy atom. The molecule has 0 aliphatic rings. The second-order valence-electron chi connectivity index (χ2n) is 5.97. The first-order valence-corrected chi connectivity index (χ1v) is 9.41. The maximum Gasteiger partial charge on any atom is 0.255 e. The Labute approximate surface area is 177 Å². The molecule has 144 valence electrons. The lowest BCUT2D eigenvalue weighted by atomic mass is 9.99. The minimum atomic E-state index is -0.960. The Hall–Kier alpha value is -2.24. The van der Waals surface area contributed by atoms with E-state index in [2.05, 4.69) is 5.32 Å². The summed E-state index contributed by atoms with van der Waals surface area (Å²) >= 11 is 18.3. The third kappa shape index (κ3) is 4.42. The second kappa shape index (κ2) is 8.84. The number of halogens is 3. The summed E-state index contributed by atoms with van der Waals surface area (Å²) < 4.78 is 5.10. The SMILES string of the molecule is COc1c(Cl)cc(C(=O)Nc2ccc(Cl)cc2C(O)c2ccccc2)cc1Cl. The number of carbonyl (C=O) groups is 1. The van der Waals surface area contributed by atoms with Gasteiger partial charge in [-0.3, -0.25) is 4.79 Å². The third-order valence-electron chi connectivity index (χ3n) is 4.14. The quantitative estimate of drug-likeness (QED) is 0.516. The van der Waals surface area contributed by atoms with Gasteiger partial charge in [0.25, 0.3) is 5.91 Å². The van der Waals surface area contributed by atoms with Gasteiger partial charge in [-0.05, 0) is 35.9 Å². The summed E-state index contributed by atoms with van der Waals surface area (Å²) in [5.41, 5.74) is 1.83. The normalized spacial score (nSPS) is 11.8. The van der Waals surface area contributed by atoms with Gasteiger partial charge in [0.05, 0.1) is 17.2 Å². The molecule has 0 aliphatic heterocycles. The largest absolute Gasteiger partial charge is 0.494 e. The first-order valence-electron chi connectivity index (χ1n) is 8.27. The van der Waals surface area contributed by atoms with Gasteiger partial charge < -0.3 is 15.2 Å². The van der Waals surface area contributed by atoms with E-state index in [1.165, 1.54) is 19.2 Å². The first kappa shape index (κ1) is 20.5. The number of anilines is 1. The summed E-state index contributed by atoms with van der Waals surface area (Å²) in [4.78, 5) is 12.7. The van der Waals surface area contributed by atoms with E-state index in [9.17, 15) is 9.90 Å². The number of aliphatic hydroxyl groups excluding tert-OH is 1. The number of ether oxygens (including phenoxy) is 1. The number of carbonyl (C=O) groups excluding carboxylic acids is 1. The predicted molar refractivity (Wildman–Crippen MR) is 113 cm³/mol. The van der Waals surface area contributed by atoms with Crippen molar-refractivity contribution in [3.63, 3.8) is 0 Å². The number of rotatable bonds is 5. The Kier molecular flexibility index (Phi) is 6.47. The highest BCUT2D eigenvalue weighted by Gasteiger charge is 2.19. The van der Waals surface area contributed by atoms with Crippen molar-refractivity contribution in [3.8, 4) is 5.75 Å². The van der Waals surface area contributed by atoms with Crippen LogP contribution < -0.4 is 10.1 Å². The van der Waals surface area contributed by atoms with Crippen LogP contribution in [0.1, 0.15) is 27.6 Å². The number of nitrogens with one attached hydrogen (secondary N) is 1. The van der Waals surface area contributed by atoms with Crippen molar-refractivity contribution >= 4 is 46.4 Å². The van der Waals surface area contributed by atoms with Crippen molar-refractivity contribution in [2.75, 3.05) is 12.4 Å². The molecule has 0 bridgehead atoms. The molecule has 3 aromatic rings. The summed E-state index contributed by atoms with van der Waals surface area (Å²) in [6.07, 6.45) is -0.960. The van der Waals surface area contributed by atoms with Crippen molar-refractivity contribution in [1.82, 2.24) is 0 Å². The van der Waals surface area contributed by atoms with Crippen LogP contribution in [-0.4, -0.2) is 18.1 Å². The Bertz CT molecular complexity index is 986. The Morgan fingerprint density at radius 2 is 1.64 bits per heavy atom. The molecule has 2 N–H and O–H groups in total. The maximum absolute atomic E-state index is 12.7. The lowest BCUT2D eigenvalue weighted by Crippen LogP contribution is -2.15. The zero-order valence-electron chi connectivity index (χ0n) is 14.7. The summed E-state index contributed by atoms with van der Waals surface area (Å²) in [5, 5.41) is 14.4. The Balaban J connectivity index is 1.94. The lowest BCUT2D eigenvalue weighted by Gasteiger charge is -2.17. The van der Waals surface area contributed by atoms with E-state index < -0.39 is 12.0 Å². The van der Waals surface area contributed by atoms with Crippen LogP contribution in [0.15, 0.2) is 60.7 Å². The molecule has 0 aliphatic carbocycles. The van der Waals surface area contributed by atoms with Crippen molar-refractivity contribution in [1.29, 1.82) is 0 Å². The fraction of sp³-hybridized carbons (Fsp3) is 0.0952. The molecule has 0 fully saturated rings. The van der Waals surface area contributed by atoms with E-state index in [0.717, 1.165) is 0 Å². The molecule has 28 heavy (non-hydrogen) atoms. The number of benzene rings is 3. The van der Waals surface area contributed by atoms with Gasteiger partial charge in [-0.15, -0.1) is 0 Å². The topological polar surface area (TPSA) is 58.6 Å². The molecular formula is C21H16Cl3NO3. The average Bonchev–Trinajstić information content (AvgIpc) is 2.69. The Morgan fingerprint density at radius 1 is 1.00 bits per heavy atom. The van der Waals surface area contributed by atoms with Gasteiger partial charge in [-0.1, -0.05) is 65.1 Å². The van der Waals surface area contributed by atoms with E-state index in [1.54, 1.807) is 30.3 Å². The smallest absolute Gasteiger partial charge is 0.255 e. The van der Waals surface area contributed by atoms with Crippen LogP contribution in [0.2, 0.25) is 15.1 Å². The molecule has 4 nitrogen and oxygen atoms in total. The van der Waals surface area contributed by atoms with Crippen LogP contribution in [0.3, 0.4) is 0 Å². The van der Waals surface area contributed by atoms with E-state index in [1.807, 2.05) is 18.2 Å². The maximum atomic E-state index is 12.7. The van der Waals surface area contributed by atoms with E-state index in [-0.39, 0.29) is 15.6 Å². The fourth-order valence-electron chi connectivity index (χ4n) is 2.77. The van der Waals surface area contributed by atoms with Crippen molar-refractivity contribution in [2.24, 2.45) is 0 Å². The standard InChI is InChI=1S/C21H16Cl3NO3/c1-28-20-16(23)9-13(10-17(20)24)21(27)25-18-8-7-14(22)11-15(18)19(26)12-5-3-2-4-6-12/h2-11,19,26H,1H3,(H,25,27). The molecule has 1 unspecified atom stereocenters. The molecular weight excluding hydrogens is 421 g/mol. The van der Waals surface area contributed by atoms with Crippen LogP contribution in [0.25, 0.3) is 0 Å². The van der Waals surface area contributed by atoms with E-state index in [0.29, 0.717) is 27.6 Å². The minimum Gasteiger partial charge on any atom is -0.494 e. The van der Waals surface area contributed by atoms with Gasteiger partial charge >= 0.3 is 0 Å². The van der Waals surface area contributed by atoms with Gasteiger partial charge in [-0.25, -0.2) is 0 Å². The van der Waals surface area contributed by atoms with Crippen LogP contribution in [0.5, 0.6) is 5.75 Å². The number of aliphatic hydroxyl groups is 1. The van der Waals surface area contributed by atoms with Gasteiger partial charge in [0.1, 0.15) is 6.10 Å². The van der Waals surface area contributed by atoms with Gasteiger partial charge in [-0.2, -0.15) is 0 Å². The third-order valence-corrected chi connectivity index (χ3v) is 4.93. The molecule has 0 saturated carbocycles. The number of hydrogen-bond donors (Lipinski definition) is 2. The molecule has 3 aromatic carbocycles. The van der Waals surface area contributed by atoms with Gasteiger partial charge in [0.2, 0.25) is 0 Å². The van der Waals surface area contributed by atoms with Crippen LogP contribution in [0.4, 0.5) is 5.69 Å². The molecule has 3 rings (SSSR count). The molecule has 0 aromatic heterocycles. The van der Waals surface area contributed by atoms with Crippen LogP contribution in [-0.2, 0) is 0 Å². The monoisotopic (exact) mass is 435 g/mol. The molecule has 1 amide bonds. The first-order chi connectivity index (χ1) is 13.4. The molecule has 0 heterocycles. The molecule has 0 saturated heterocycles. The van der Waals surface area contributed by atoms with Crippen LogP contribution in [0, 0.1) is 0 Å². The van der Waals surface area contributed by atoms with Crippen molar-refractivity contribution in [2.45, 2.75) is 6.10 Å². The zero-order chi connectivity index (χ0) is 20.3. The van der Waals surface area contributed by atoms with Gasteiger partial charge in [0.15, 0.2) is 5.75 Å². The van der Waals surface area contributed by atoms with E-state index in [4.69, 9.17) is 39.5 Å². The van der Waals surface area contributed by atoms with Crippen molar-refractivity contribution in [3.05, 3.63) is 92.4 Å². The van der Waals surface area contributed by atoms with Gasteiger partial charge in [0, 0.05) is 21.8 Å². The van der Waals surface area contributed by atoms with E-state index >= 15 is 0 Å². The molecule has 0 spiro atoms. The number of hydrogen-bond acceptors (Lipinski definition) is 3. The zero-order valence-corrected chi connectivity index (χ0v) is 17.0. The highest BCUT2D eigenvalue weighted by atomic mass is 35.5. The number of methoxy groups -OCH3 is 1. The minimum absolute atomic E-state index is 0.223. The van der Waals surface area contributed by atoms with Crippen molar-refractivity contribution < 1.29 is 14.6 Å².